The van der Waals surface area contributed by atoms with Gasteiger partial charge >= 0.3 is 0 Å². The quantitative estimate of drug-likeness (QED) is 0.461. The number of amides is 2. The molecule has 1 aromatic carbocycles. The van der Waals surface area contributed by atoms with Crippen molar-refractivity contribution in [2.24, 2.45) is 11.7 Å². The number of benzene rings is 1. The topological polar surface area (TPSA) is 117 Å². The zero-order valence-corrected chi connectivity index (χ0v) is 21.0. The number of ketones is 1. The predicted octanol–water partition coefficient (Wildman–Crippen LogP) is 3.83. The number of nitrogens with two attached hydrogens (primary N) is 1. The van der Waals surface area contributed by atoms with Crippen LogP contribution in [0, 0.1) is 12.8 Å². The number of nitrogens with zero attached hydrogens (tertiary/aromatic N) is 2. The summed E-state index contributed by atoms with van der Waals surface area (Å²) in [5, 5.41) is 6.47. The molecule has 3 aliphatic rings. The SMILES string of the molecule is CCCNc1cc(C(=O)N[C@H]2C[C@H]3CC[C@@H](C2)N3c2ccc(C(=O)C3CC3)cn2)c(C)cc1C(N)=O. The molecule has 8 heteroatoms. The van der Waals surface area contributed by atoms with E-state index in [1.807, 2.05) is 26.0 Å². The molecule has 2 bridgehead atoms. The second-order valence-corrected chi connectivity index (χ2v) is 10.5. The van der Waals surface area contributed by atoms with Gasteiger partial charge in [0.1, 0.15) is 5.82 Å². The molecule has 1 aromatic heterocycles. The molecule has 36 heavy (non-hydrogen) atoms. The summed E-state index contributed by atoms with van der Waals surface area (Å²) < 4.78 is 0. The predicted molar refractivity (Wildman–Crippen MR) is 140 cm³/mol. The van der Waals surface area contributed by atoms with Crippen molar-refractivity contribution in [3.05, 3.63) is 52.7 Å². The van der Waals surface area contributed by atoms with Gasteiger partial charge in [-0.25, -0.2) is 4.98 Å². The maximum Gasteiger partial charge on any atom is 0.251 e. The lowest BCUT2D eigenvalue weighted by Crippen LogP contribution is -2.50. The Bertz CT molecular complexity index is 1160. The van der Waals surface area contributed by atoms with E-state index in [0.29, 0.717) is 41.0 Å². The lowest BCUT2D eigenvalue weighted by molar-refractivity contribution is 0.0923. The van der Waals surface area contributed by atoms with Crippen LogP contribution < -0.4 is 21.3 Å². The fourth-order valence-electron chi connectivity index (χ4n) is 5.76. The minimum atomic E-state index is -0.508. The van der Waals surface area contributed by atoms with Gasteiger partial charge in [0.05, 0.1) is 5.56 Å². The fourth-order valence-corrected chi connectivity index (χ4v) is 5.76. The number of fused-ring (bicyclic) bond motifs is 2. The molecule has 2 saturated heterocycles. The molecule has 0 radical (unpaired) electrons. The highest BCUT2D eigenvalue weighted by Crippen LogP contribution is 2.39. The number of anilines is 2. The summed E-state index contributed by atoms with van der Waals surface area (Å²) >= 11 is 0. The monoisotopic (exact) mass is 489 g/mol. The van der Waals surface area contributed by atoms with E-state index in [1.165, 1.54) is 0 Å². The molecule has 8 nitrogen and oxygen atoms in total. The summed E-state index contributed by atoms with van der Waals surface area (Å²) in [7, 11) is 0. The number of primary amides is 1. The molecule has 1 aliphatic carbocycles. The zero-order chi connectivity index (χ0) is 25.4. The normalized spacial score (nSPS) is 22.8. The number of carbonyl (C=O) groups is 3. The second-order valence-electron chi connectivity index (χ2n) is 10.5. The molecule has 3 heterocycles. The summed E-state index contributed by atoms with van der Waals surface area (Å²) in [6, 6.07) is 8.04. The van der Waals surface area contributed by atoms with Crippen LogP contribution >= 0.6 is 0 Å². The highest BCUT2D eigenvalue weighted by molar-refractivity contribution is 6.03. The number of pyridine rings is 1. The van der Waals surface area contributed by atoms with E-state index in [9.17, 15) is 14.4 Å². The van der Waals surface area contributed by atoms with Crippen LogP contribution in [0.15, 0.2) is 30.5 Å². The van der Waals surface area contributed by atoms with Crippen molar-refractivity contribution in [1.82, 2.24) is 10.3 Å². The largest absolute Gasteiger partial charge is 0.384 e. The fraction of sp³-hybridized carbons (Fsp3) is 0.500. The third kappa shape index (κ3) is 4.81. The van der Waals surface area contributed by atoms with E-state index < -0.39 is 5.91 Å². The maximum atomic E-state index is 13.3. The zero-order valence-electron chi connectivity index (χ0n) is 21.0. The summed E-state index contributed by atoms with van der Waals surface area (Å²) in [4.78, 5) is 44.5. The molecule has 4 N–H and O–H groups in total. The van der Waals surface area contributed by atoms with Crippen LogP contribution in [0.3, 0.4) is 0 Å². The molecule has 3 atom stereocenters. The van der Waals surface area contributed by atoms with Gasteiger partial charge in [-0.05, 0) is 81.7 Å². The Hall–Kier alpha value is -3.42. The van der Waals surface area contributed by atoms with Crippen LogP contribution in [-0.2, 0) is 0 Å². The van der Waals surface area contributed by atoms with E-state index in [0.717, 1.165) is 56.3 Å². The molecule has 0 unspecified atom stereocenters. The van der Waals surface area contributed by atoms with Crippen LogP contribution in [0.1, 0.15) is 88.5 Å². The molecule has 5 rings (SSSR count). The summed E-state index contributed by atoms with van der Waals surface area (Å²) in [5.41, 5.74) is 8.57. The van der Waals surface area contributed by atoms with Gasteiger partial charge in [-0.3, -0.25) is 14.4 Å². The average molecular weight is 490 g/mol. The standard InChI is InChI=1S/C28H35N5O3/c1-3-10-30-24-14-22(16(2)11-23(24)27(29)35)28(36)32-19-12-20-7-8-21(13-19)33(20)25-9-6-18(15-31-25)26(34)17-4-5-17/h6,9,11,14-15,17,19-21,30H,3-5,7-8,10,12-13H2,1-2H3,(H2,29,35)(H,32,36)/t19-,20+,21-. The molecule has 3 fully saturated rings. The first kappa shape index (κ1) is 24.3. The molecular weight excluding hydrogens is 454 g/mol. The smallest absolute Gasteiger partial charge is 0.251 e. The van der Waals surface area contributed by atoms with Crippen LogP contribution in [0.25, 0.3) is 0 Å². The van der Waals surface area contributed by atoms with Crippen molar-refractivity contribution in [3.63, 3.8) is 0 Å². The van der Waals surface area contributed by atoms with Crippen molar-refractivity contribution >= 4 is 29.1 Å². The van der Waals surface area contributed by atoms with E-state index in [2.05, 4.69) is 20.5 Å². The van der Waals surface area contributed by atoms with E-state index in [-0.39, 0.29) is 23.7 Å². The Morgan fingerprint density at radius 1 is 1.06 bits per heavy atom. The first-order valence-electron chi connectivity index (χ1n) is 13.1. The Kier molecular flexibility index (Phi) is 6.69. The first-order valence-corrected chi connectivity index (χ1v) is 13.1. The van der Waals surface area contributed by atoms with Crippen molar-refractivity contribution in [2.45, 2.75) is 76.9 Å². The van der Waals surface area contributed by atoms with Crippen molar-refractivity contribution in [2.75, 3.05) is 16.8 Å². The number of carbonyl (C=O) groups excluding carboxylic acids is 3. The number of aryl methyl sites for hydroxylation is 1. The summed E-state index contributed by atoms with van der Waals surface area (Å²) in [5.74, 6) is 0.699. The van der Waals surface area contributed by atoms with Gasteiger partial charge in [-0.1, -0.05) is 6.92 Å². The van der Waals surface area contributed by atoms with Gasteiger partial charge in [0.15, 0.2) is 5.78 Å². The van der Waals surface area contributed by atoms with Crippen molar-refractivity contribution < 1.29 is 14.4 Å². The highest BCUT2D eigenvalue weighted by Gasteiger charge is 2.42. The lowest BCUT2D eigenvalue weighted by Gasteiger charge is -2.40. The lowest BCUT2D eigenvalue weighted by atomic mass is 9.95. The first-order chi connectivity index (χ1) is 17.4. The number of Topliss-reactive ketones (excluding diaryl/α,β-unsaturated/α-hetero) is 1. The number of hydrogen-bond acceptors (Lipinski definition) is 6. The number of piperidine rings is 1. The van der Waals surface area contributed by atoms with Gasteiger partial charge in [0.2, 0.25) is 0 Å². The van der Waals surface area contributed by atoms with Gasteiger partial charge < -0.3 is 21.3 Å². The molecule has 0 spiro atoms. The Morgan fingerprint density at radius 3 is 2.36 bits per heavy atom. The molecule has 1 saturated carbocycles. The number of hydrogen-bond donors (Lipinski definition) is 3. The number of nitrogens with one attached hydrogen (secondary N) is 2. The third-order valence-corrected chi connectivity index (χ3v) is 7.75. The van der Waals surface area contributed by atoms with E-state index >= 15 is 0 Å². The summed E-state index contributed by atoms with van der Waals surface area (Å²) in [6.45, 7) is 4.56. The van der Waals surface area contributed by atoms with Crippen LogP contribution in [0.2, 0.25) is 0 Å². The highest BCUT2D eigenvalue weighted by atomic mass is 16.2. The Morgan fingerprint density at radius 2 is 1.78 bits per heavy atom. The summed E-state index contributed by atoms with van der Waals surface area (Å²) in [6.07, 6.45) is 8.45. The van der Waals surface area contributed by atoms with E-state index in [1.54, 1.807) is 18.3 Å². The minimum Gasteiger partial charge on any atom is -0.384 e. The Balaban J connectivity index is 1.26. The van der Waals surface area contributed by atoms with Crippen LogP contribution in [0.4, 0.5) is 11.5 Å². The molecule has 2 aliphatic heterocycles. The van der Waals surface area contributed by atoms with Crippen LogP contribution in [-0.4, -0.2) is 47.3 Å². The molecule has 190 valence electrons. The average Bonchev–Trinajstić information content (AvgIpc) is 3.67. The van der Waals surface area contributed by atoms with Crippen molar-refractivity contribution in [1.29, 1.82) is 0 Å². The van der Waals surface area contributed by atoms with Gasteiger partial charge in [-0.15, -0.1) is 0 Å². The van der Waals surface area contributed by atoms with Gasteiger partial charge in [0, 0.05) is 53.6 Å². The maximum absolute atomic E-state index is 13.3. The third-order valence-electron chi connectivity index (χ3n) is 7.75. The second kappa shape index (κ2) is 9.91. The van der Waals surface area contributed by atoms with Crippen LogP contribution in [0.5, 0.6) is 0 Å². The molecule has 2 amide bonds. The number of aromatic nitrogens is 1. The van der Waals surface area contributed by atoms with Gasteiger partial charge in [-0.2, -0.15) is 0 Å². The molecule has 2 aromatic rings. The number of rotatable bonds is 9. The Labute approximate surface area is 212 Å². The minimum absolute atomic E-state index is 0.0734. The van der Waals surface area contributed by atoms with Crippen molar-refractivity contribution in [3.8, 4) is 0 Å². The van der Waals surface area contributed by atoms with E-state index in [4.69, 9.17) is 5.73 Å². The van der Waals surface area contributed by atoms with Gasteiger partial charge in [0.25, 0.3) is 11.8 Å². The molecular formula is C28H35N5O3.